The van der Waals surface area contributed by atoms with E-state index in [2.05, 4.69) is 20.6 Å². The highest BCUT2D eigenvalue weighted by molar-refractivity contribution is 6.31. The topological polar surface area (TPSA) is 90.5 Å². The van der Waals surface area contributed by atoms with Crippen LogP contribution in [0, 0.1) is 24.5 Å². The maximum absolute atomic E-state index is 13.7. The number of fused-ring (bicyclic) bond motifs is 1. The predicted molar refractivity (Wildman–Crippen MR) is 117 cm³/mol. The van der Waals surface area contributed by atoms with Crippen LogP contribution in [-0.4, -0.2) is 58.9 Å². The zero-order valence-corrected chi connectivity index (χ0v) is 18.8. The molecule has 0 spiro atoms. The Hall–Kier alpha value is -3.01. The van der Waals surface area contributed by atoms with Crippen LogP contribution >= 0.6 is 11.6 Å². The molecule has 0 bridgehead atoms. The largest absolute Gasteiger partial charge is 0.348 e. The van der Waals surface area contributed by atoms with Gasteiger partial charge in [-0.15, -0.1) is 0 Å². The van der Waals surface area contributed by atoms with Crippen molar-refractivity contribution in [3.05, 3.63) is 40.0 Å². The summed E-state index contributed by atoms with van der Waals surface area (Å²) in [4.78, 5) is 37.3. The van der Waals surface area contributed by atoms with Crippen LogP contribution in [-0.2, 0) is 4.79 Å². The Balaban J connectivity index is 1.45. The van der Waals surface area contributed by atoms with Gasteiger partial charge in [0.1, 0.15) is 28.4 Å². The van der Waals surface area contributed by atoms with Crippen molar-refractivity contribution < 1.29 is 18.4 Å². The molecule has 1 unspecified atom stereocenters. The van der Waals surface area contributed by atoms with Crippen LogP contribution in [0.5, 0.6) is 0 Å². The second kappa shape index (κ2) is 8.16. The van der Waals surface area contributed by atoms with Crippen LogP contribution < -0.4 is 15.5 Å². The van der Waals surface area contributed by atoms with Crippen molar-refractivity contribution in [1.29, 1.82) is 0 Å². The molecule has 1 aromatic carbocycles. The number of amides is 2. The van der Waals surface area contributed by atoms with Gasteiger partial charge in [-0.05, 0) is 25.0 Å². The van der Waals surface area contributed by atoms with E-state index in [9.17, 15) is 18.4 Å². The van der Waals surface area contributed by atoms with E-state index in [1.54, 1.807) is 6.92 Å². The van der Waals surface area contributed by atoms with Crippen LogP contribution in [0.1, 0.15) is 29.9 Å². The molecule has 8 nitrogen and oxygen atoms in total. The SMILES string of the molecule is Cc1nc(NC2CN(C(=O)c3cc(F)c(Cl)c(F)c3)C2)nc2c1NC(=O)C(C(C)C)N2C. The van der Waals surface area contributed by atoms with Crippen LogP contribution in [0.25, 0.3) is 0 Å². The molecular weight excluding hydrogens is 442 g/mol. The molecule has 1 atom stereocenters. The number of rotatable bonds is 4. The lowest BCUT2D eigenvalue weighted by atomic mass is 9.99. The number of aryl methyl sites for hydroxylation is 1. The Morgan fingerprint density at radius 3 is 2.47 bits per heavy atom. The number of benzene rings is 1. The van der Waals surface area contributed by atoms with E-state index in [0.29, 0.717) is 36.2 Å². The Kier molecular flexibility index (Phi) is 5.66. The molecule has 2 aliphatic heterocycles. The molecule has 1 fully saturated rings. The second-order valence-corrected chi connectivity index (χ2v) is 8.80. The van der Waals surface area contributed by atoms with E-state index in [1.807, 2.05) is 25.8 Å². The fourth-order valence-electron chi connectivity index (χ4n) is 4.06. The van der Waals surface area contributed by atoms with Gasteiger partial charge in [0, 0.05) is 25.7 Å². The molecule has 11 heteroatoms. The molecule has 2 aliphatic rings. The molecule has 0 aliphatic carbocycles. The van der Waals surface area contributed by atoms with E-state index in [-0.39, 0.29) is 29.5 Å². The molecule has 170 valence electrons. The average Bonchev–Trinajstić information content (AvgIpc) is 2.68. The first-order chi connectivity index (χ1) is 15.1. The number of hydrogen-bond acceptors (Lipinski definition) is 6. The van der Waals surface area contributed by atoms with Gasteiger partial charge < -0.3 is 20.4 Å². The quantitative estimate of drug-likeness (QED) is 0.676. The maximum Gasteiger partial charge on any atom is 0.254 e. The molecule has 0 saturated carbocycles. The summed E-state index contributed by atoms with van der Waals surface area (Å²) in [6, 6.07) is 1.39. The fourth-order valence-corrected chi connectivity index (χ4v) is 4.17. The van der Waals surface area contributed by atoms with Gasteiger partial charge in [-0.3, -0.25) is 9.59 Å². The maximum atomic E-state index is 13.7. The van der Waals surface area contributed by atoms with Crippen LogP contribution in [0.4, 0.5) is 26.2 Å². The highest BCUT2D eigenvalue weighted by Gasteiger charge is 2.36. The summed E-state index contributed by atoms with van der Waals surface area (Å²) in [5.74, 6) is -1.43. The Bertz CT molecular complexity index is 1080. The van der Waals surface area contributed by atoms with Gasteiger partial charge in [-0.1, -0.05) is 25.4 Å². The van der Waals surface area contributed by atoms with Gasteiger partial charge in [0.2, 0.25) is 11.9 Å². The van der Waals surface area contributed by atoms with Crippen molar-refractivity contribution in [2.24, 2.45) is 5.92 Å². The number of carbonyl (C=O) groups excluding carboxylic acids is 2. The zero-order valence-electron chi connectivity index (χ0n) is 18.0. The van der Waals surface area contributed by atoms with E-state index < -0.39 is 22.6 Å². The molecule has 1 aromatic heterocycles. The summed E-state index contributed by atoms with van der Waals surface area (Å²) < 4.78 is 27.3. The van der Waals surface area contributed by atoms with E-state index in [4.69, 9.17) is 11.6 Å². The normalized spacial score (nSPS) is 18.4. The highest BCUT2D eigenvalue weighted by atomic mass is 35.5. The number of nitrogens with zero attached hydrogens (tertiary/aromatic N) is 4. The number of hydrogen-bond donors (Lipinski definition) is 2. The molecule has 4 rings (SSSR count). The Morgan fingerprint density at radius 2 is 1.88 bits per heavy atom. The molecule has 0 radical (unpaired) electrons. The van der Waals surface area contributed by atoms with Crippen molar-refractivity contribution in [1.82, 2.24) is 14.9 Å². The number of nitrogens with one attached hydrogen (secondary N) is 2. The Labute approximate surface area is 189 Å². The summed E-state index contributed by atoms with van der Waals surface area (Å²) in [5, 5.41) is 5.45. The lowest BCUT2D eigenvalue weighted by Gasteiger charge is -2.40. The number of aromatic nitrogens is 2. The number of likely N-dealkylation sites (tertiary alicyclic amines) is 1. The summed E-state index contributed by atoms with van der Waals surface area (Å²) in [6.07, 6.45) is 0. The third kappa shape index (κ3) is 3.83. The van der Waals surface area contributed by atoms with Crippen molar-refractivity contribution in [3.63, 3.8) is 0 Å². The van der Waals surface area contributed by atoms with E-state index >= 15 is 0 Å². The van der Waals surface area contributed by atoms with Crippen molar-refractivity contribution in [3.8, 4) is 0 Å². The lowest BCUT2D eigenvalue weighted by molar-refractivity contribution is -0.118. The van der Waals surface area contributed by atoms with E-state index in [0.717, 1.165) is 12.1 Å². The number of halogens is 3. The van der Waals surface area contributed by atoms with Gasteiger partial charge in [0.05, 0.1) is 11.7 Å². The summed E-state index contributed by atoms with van der Waals surface area (Å²) in [5.41, 5.74) is 1.11. The number of carbonyl (C=O) groups is 2. The Morgan fingerprint density at radius 1 is 1.25 bits per heavy atom. The smallest absolute Gasteiger partial charge is 0.254 e. The molecule has 3 heterocycles. The van der Waals surface area contributed by atoms with Crippen LogP contribution in [0.2, 0.25) is 5.02 Å². The molecule has 2 amide bonds. The third-order valence-corrected chi connectivity index (χ3v) is 6.06. The van der Waals surface area contributed by atoms with Gasteiger partial charge in [0.25, 0.3) is 5.91 Å². The minimum absolute atomic E-state index is 0.0913. The van der Waals surface area contributed by atoms with E-state index in [1.165, 1.54) is 4.90 Å². The first-order valence-electron chi connectivity index (χ1n) is 10.2. The summed E-state index contributed by atoms with van der Waals surface area (Å²) in [7, 11) is 1.83. The van der Waals surface area contributed by atoms with Gasteiger partial charge >= 0.3 is 0 Å². The first kappa shape index (κ1) is 22.2. The fraction of sp³-hybridized carbons (Fsp3) is 0.429. The number of anilines is 3. The summed E-state index contributed by atoms with van der Waals surface area (Å²) >= 11 is 5.48. The van der Waals surface area contributed by atoms with Crippen molar-refractivity contribution in [2.45, 2.75) is 32.9 Å². The molecule has 2 N–H and O–H groups in total. The van der Waals surface area contributed by atoms with Crippen LogP contribution in [0.15, 0.2) is 12.1 Å². The third-order valence-electron chi connectivity index (χ3n) is 5.70. The van der Waals surface area contributed by atoms with Gasteiger partial charge in [0.15, 0.2) is 5.82 Å². The molecular formula is C21H23ClF2N6O2. The van der Waals surface area contributed by atoms with Crippen LogP contribution in [0.3, 0.4) is 0 Å². The van der Waals surface area contributed by atoms with Gasteiger partial charge in [-0.25, -0.2) is 13.8 Å². The monoisotopic (exact) mass is 464 g/mol. The zero-order chi connectivity index (χ0) is 23.3. The average molecular weight is 465 g/mol. The standard InChI is InChI=1S/C21H23ClF2N6O2/c1-9(2)17-19(31)27-16-10(3)25-21(28-18(16)29(17)4)26-12-7-30(8-12)20(32)11-5-13(23)15(22)14(24)6-11/h5-6,9,12,17H,7-8H2,1-4H3,(H,27,31)(H,25,26,28). The molecule has 1 saturated heterocycles. The molecule has 2 aromatic rings. The predicted octanol–water partition coefficient (Wildman–Crippen LogP) is 3.07. The number of likely N-dealkylation sites (N-methyl/N-ethyl adjacent to an activating group) is 1. The minimum atomic E-state index is -0.973. The lowest BCUT2D eigenvalue weighted by Crippen LogP contribution is -2.57. The second-order valence-electron chi connectivity index (χ2n) is 8.43. The van der Waals surface area contributed by atoms with Crippen molar-refractivity contribution >= 4 is 40.9 Å². The minimum Gasteiger partial charge on any atom is -0.348 e. The van der Waals surface area contributed by atoms with Gasteiger partial charge in [-0.2, -0.15) is 4.98 Å². The summed E-state index contributed by atoms with van der Waals surface area (Å²) in [6.45, 7) is 6.38. The first-order valence-corrected chi connectivity index (χ1v) is 10.6. The highest BCUT2D eigenvalue weighted by Crippen LogP contribution is 2.34. The van der Waals surface area contributed by atoms with Crippen molar-refractivity contribution in [2.75, 3.05) is 35.7 Å². The molecule has 32 heavy (non-hydrogen) atoms.